The number of benzene rings is 1. The number of thiophene rings is 2. The van der Waals surface area contributed by atoms with Gasteiger partial charge in [0.1, 0.15) is 9.90 Å². The number of fused-ring (bicyclic) bond motifs is 1. The molecule has 3 aromatic heterocycles. The van der Waals surface area contributed by atoms with Crippen LogP contribution in [0.3, 0.4) is 0 Å². The third kappa shape index (κ3) is 3.32. The molecular formula is C18H12N2O4S3. The summed E-state index contributed by atoms with van der Waals surface area (Å²) in [4.78, 5) is 16.6. The van der Waals surface area contributed by atoms with Gasteiger partial charge in [-0.3, -0.25) is 4.72 Å². The molecule has 0 bridgehead atoms. The minimum atomic E-state index is -3.78. The lowest BCUT2D eigenvalue weighted by Crippen LogP contribution is -2.12. The van der Waals surface area contributed by atoms with Crippen LogP contribution in [0.15, 0.2) is 63.5 Å². The lowest BCUT2D eigenvalue weighted by Gasteiger charge is -2.12. The van der Waals surface area contributed by atoms with Crippen LogP contribution in [0.5, 0.6) is 0 Å². The number of hydrogen-bond acceptors (Lipinski definition) is 6. The number of carboxylic acid groups (broad SMARTS) is 1. The van der Waals surface area contributed by atoms with Gasteiger partial charge in [-0.1, -0.05) is 24.3 Å². The third-order valence-electron chi connectivity index (χ3n) is 3.85. The minimum absolute atomic E-state index is 0.145. The fourth-order valence-corrected chi connectivity index (χ4v) is 5.50. The number of carbonyl (C=O) groups is 1. The van der Waals surface area contributed by atoms with Crippen LogP contribution in [0.1, 0.15) is 10.5 Å². The van der Waals surface area contributed by atoms with Crippen LogP contribution in [0.2, 0.25) is 0 Å². The molecule has 0 saturated carbocycles. The molecule has 2 N–H and O–H groups in total. The number of para-hydroxylation sites is 1. The molecule has 0 fully saturated rings. The number of sulfonamides is 1. The molecule has 4 aromatic rings. The normalized spacial score (nSPS) is 11.6. The standard InChI is InChI=1S/C18H12N2O4S3/c21-18(22)14-10-12(15-6-2-8-25-15)11-4-1-5-13(17(11)19-14)20-27(23,24)16-7-3-9-26-16/h1-10,20H,(H,21,22). The number of aromatic carboxylic acids is 1. The van der Waals surface area contributed by atoms with E-state index in [4.69, 9.17) is 0 Å². The zero-order chi connectivity index (χ0) is 19.0. The van der Waals surface area contributed by atoms with Gasteiger partial charge in [0.25, 0.3) is 10.0 Å². The van der Waals surface area contributed by atoms with E-state index < -0.39 is 16.0 Å². The first-order valence-electron chi connectivity index (χ1n) is 7.73. The fourth-order valence-electron chi connectivity index (χ4n) is 2.69. The van der Waals surface area contributed by atoms with Gasteiger partial charge >= 0.3 is 5.97 Å². The van der Waals surface area contributed by atoms with E-state index >= 15 is 0 Å². The number of hydrogen-bond donors (Lipinski definition) is 2. The molecule has 0 amide bonds. The molecule has 0 aliphatic rings. The van der Waals surface area contributed by atoms with Crippen LogP contribution >= 0.6 is 22.7 Å². The monoisotopic (exact) mass is 416 g/mol. The second kappa shape index (κ2) is 6.76. The second-order valence-electron chi connectivity index (χ2n) is 5.58. The quantitative estimate of drug-likeness (QED) is 0.498. The molecule has 0 aliphatic carbocycles. The highest BCUT2D eigenvalue weighted by atomic mass is 32.2. The van der Waals surface area contributed by atoms with Crippen LogP contribution in [-0.4, -0.2) is 24.5 Å². The molecule has 0 aliphatic heterocycles. The Hall–Kier alpha value is -2.75. The van der Waals surface area contributed by atoms with Gasteiger partial charge in [-0.2, -0.15) is 0 Å². The Morgan fingerprint density at radius 2 is 1.81 bits per heavy atom. The number of pyridine rings is 1. The van der Waals surface area contributed by atoms with Crippen LogP contribution in [0, 0.1) is 0 Å². The van der Waals surface area contributed by atoms with E-state index in [-0.39, 0.29) is 15.6 Å². The average Bonchev–Trinajstić information content (AvgIpc) is 3.35. The summed E-state index contributed by atoms with van der Waals surface area (Å²) in [7, 11) is -3.78. The Labute approximate surface area is 162 Å². The van der Waals surface area contributed by atoms with E-state index in [0.29, 0.717) is 16.5 Å². The van der Waals surface area contributed by atoms with Gasteiger partial charge in [-0.05, 0) is 35.0 Å². The van der Waals surface area contributed by atoms with Gasteiger partial charge in [0.15, 0.2) is 0 Å². The number of rotatable bonds is 5. The van der Waals surface area contributed by atoms with Crippen LogP contribution in [0.4, 0.5) is 5.69 Å². The Morgan fingerprint density at radius 1 is 1.04 bits per heavy atom. The summed E-state index contributed by atoms with van der Waals surface area (Å²) in [5.74, 6) is -1.18. The maximum atomic E-state index is 12.6. The second-order valence-corrected chi connectivity index (χ2v) is 9.38. The van der Waals surface area contributed by atoms with Gasteiger partial charge in [0, 0.05) is 15.8 Å². The van der Waals surface area contributed by atoms with Crippen molar-refractivity contribution in [2.24, 2.45) is 0 Å². The van der Waals surface area contributed by atoms with E-state index in [1.54, 1.807) is 29.6 Å². The van der Waals surface area contributed by atoms with Crippen LogP contribution in [-0.2, 0) is 10.0 Å². The molecule has 27 heavy (non-hydrogen) atoms. The van der Waals surface area contributed by atoms with Gasteiger partial charge < -0.3 is 5.11 Å². The lowest BCUT2D eigenvalue weighted by molar-refractivity contribution is 0.0691. The van der Waals surface area contributed by atoms with E-state index in [1.807, 2.05) is 17.5 Å². The summed E-state index contributed by atoms with van der Waals surface area (Å²) >= 11 is 2.57. The summed E-state index contributed by atoms with van der Waals surface area (Å²) in [5.41, 5.74) is 1.08. The topological polar surface area (TPSA) is 96.4 Å². The number of carboxylic acids is 1. The molecule has 0 unspecified atom stereocenters. The zero-order valence-electron chi connectivity index (χ0n) is 13.6. The van der Waals surface area contributed by atoms with Crippen molar-refractivity contribution in [3.05, 3.63) is 65.0 Å². The Kier molecular flexibility index (Phi) is 4.42. The highest BCUT2D eigenvalue weighted by molar-refractivity contribution is 7.94. The average molecular weight is 417 g/mol. The van der Waals surface area contributed by atoms with Crippen molar-refractivity contribution in [2.45, 2.75) is 4.21 Å². The molecule has 1 aromatic carbocycles. The maximum Gasteiger partial charge on any atom is 0.354 e. The predicted octanol–water partition coefficient (Wildman–Crippen LogP) is 4.52. The van der Waals surface area contributed by atoms with E-state index in [2.05, 4.69) is 9.71 Å². The molecule has 0 atom stereocenters. The van der Waals surface area contributed by atoms with Gasteiger partial charge in [0.05, 0.1) is 11.2 Å². The van der Waals surface area contributed by atoms with E-state index in [9.17, 15) is 18.3 Å². The van der Waals surface area contributed by atoms with Crippen molar-refractivity contribution < 1.29 is 18.3 Å². The van der Waals surface area contributed by atoms with E-state index in [0.717, 1.165) is 16.2 Å². The highest BCUT2D eigenvalue weighted by Gasteiger charge is 2.20. The van der Waals surface area contributed by atoms with E-state index in [1.165, 1.54) is 23.5 Å². The highest BCUT2D eigenvalue weighted by Crippen LogP contribution is 2.35. The molecule has 4 rings (SSSR count). The summed E-state index contributed by atoms with van der Waals surface area (Å²) in [6, 6.07) is 13.5. The first-order valence-corrected chi connectivity index (χ1v) is 11.0. The molecule has 3 heterocycles. The molecule has 6 nitrogen and oxygen atoms in total. The van der Waals surface area contributed by atoms with Crippen LogP contribution in [0.25, 0.3) is 21.3 Å². The fraction of sp³-hybridized carbons (Fsp3) is 0. The van der Waals surface area contributed by atoms with Gasteiger partial charge in [-0.25, -0.2) is 18.2 Å². The van der Waals surface area contributed by atoms with Gasteiger partial charge in [0.2, 0.25) is 0 Å². The molecule has 0 radical (unpaired) electrons. The Bertz CT molecular complexity index is 1230. The maximum absolute atomic E-state index is 12.6. The SMILES string of the molecule is O=C(O)c1cc(-c2cccs2)c2cccc(NS(=O)(=O)c3cccs3)c2n1. The smallest absolute Gasteiger partial charge is 0.354 e. The van der Waals surface area contributed by atoms with Crippen molar-refractivity contribution in [3.8, 4) is 10.4 Å². The van der Waals surface area contributed by atoms with Crippen molar-refractivity contribution in [1.29, 1.82) is 0 Å². The zero-order valence-corrected chi connectivity index (χ0v) is 16.1. The van der Waals surface area contributed by atoms with Crippen LogP contribution < -0.4 is 4.72 Å². The largest absolute Gasteiger partial charge is 0.477 e. The third-order valence-corrected chi connectivity index (χ3v) is 7.52. The molecule has 0 spiro atoms. The number of anilines is 1. The molecule has 9 heteroatoms. The number of aromatic nitrogens is 1. The molecular weight excluding hydrogens is 404 g/mol. The summed E-state index contributed by atoms with van der Waals surface area (Å²) < 4.78 is 27.9. The van der Waals surface area contributed by atoms with Crippen molar-refractivity contribution in [1.82, 2.24) is 4.98 Å². The van der Waals surface area contributed by atoms with Crippen molar-refractivity contribution in [2.75, 3.05) is 4.72 Å². The summed E-state index contributed by atoms with van der Waals surface area (Å²) in [5, 5.41) is 13.7. The Morgan fingerprint density at radius 3 is 2.48 bits per heavy atom. The predicted molar refractivity (Wildman–Crippen MR) is 107 cm³/mol. The van der Waals surface area contributed by atoms with Crippen molar-refractivity contribution >= 4 is 55.3 Å². The number of nitrogens with zero attached hydrogens (tertiary/aromatic N) is 1. The van der Waals surface area contributed by atoms with Gasteiger partial charge in [-0.15, -0.1) is 22.7 Å². The first kappa shape index (κ1) is 17.7. The molecule has 136 valence electrons. The first-order chi connectivity index (χ1) is 13.0. The summed E-state index contributed by atoms with van der Waals surface area (Å²) in [6.45, 7) is 0. The lowest BCUT2D eigenvalue weighted by atomic mass is 10.1. The van der Waals surface area contributed by atoms with Crippen molar-refractivity contribution in [3.63, 3.8) is 0 Å². The Balaban J connectivity index is 1.94. The number of nitrogens with one attached hydrogen (secondary N) is 1. The minimum Gasteiger partial charge on any atom is -0.477 e. The summed E-state index contributed by atoms with van der Waals surface area (Å²) in [6.07, 6.45) is 0. The molecule has 0 saturated heterocycles.